The van der Waals surface area contributed by atoms with E-state index in [0.717, 1.165) is 17.6 Å². The SMILES string of the molecule is CCCCC(N)c1ccc2oc3ccccc3c2c1. The summed E-state index contributed by atoms with van der Waals surface area (Å²) in [5, 5.41) is 2.34. The number of nitrogens with two attached hydrogens (primary N) is 1. The first kappa shape index (κ1) is 12.2. The summed E-state index contributed by atoms with van der Waals surface area (Å²) in [7, 11) is 0. The van der Waals surface area contributed by atoms with Crippen LogP contribution in [0.3, 0.4) is 0 Å². The molecule has 2 N–H and O–H groups in total. The van der Waals surface area contributed by atoms with Crippen LogP contribution >= 0.6 is 0 Å². The lowest BCUT2D eigenvalue weighted by Crippen LogP contribution is -2.09. The fraction of sp³-hybridized carbons (Fsp3) is 0.294. The Morgan fingerprint density at radius 1 is 1.05 bits per heavy atom. The van der Waals surface area contributed by atoms with Gasteiger partial charge in [0.2, 0.25) is 0 Å². The third kappa shape index (κ3) is 2.24. The summed E-state index contributed by atoms with van der Waals surface area (Å²) in [6.45, 7) is 2.19. The van der Waals surface area contributed by atoms with Crippen molar-refractivity contribution in [2.75, 3.05) is 0 Å². The van der Waals surface area contributed by atoms with Crippen molar-refractivity contribution < 1.29 is 4.42 Å². The van der Waals surface area contributed by atoms with Crippen LogP contribution in [-0.2, 0) is 0 Å². The van der Waals surface area contributed by atoms with E-state index in [0.29, 0.717) is 0 Å². The Hall–Kier alpha value is -1.80. The Bertz CT molecular complexity index is 699. The normalized spacial score (nSPS) is 13.2. The second-order valence-corrected chi connectivity index (χ2v) is 5.10. The van der Waals surface area contributed by atoms with Crippen LogP contribution in [0.25, 0.3) is 21.9 Å². The zero-order valence-corrected chi connectivity index (χ0v) is 11.2. The van der Waals surface area contributed by atoms with E-state index in [9.17, 15) is 0 Å². The van der Waals surface area contributed by atoms with Gasteiger partial charge in [0, 0.05) is 16.8 Å². The molecule has 0 amide bonds. The van der Waals surface area contributed by atoms with Gasteiger partial charge in [0.1, 0.15) is 11.2 Å². The molecule has 3 rings (SSSR count). The highest BCUT2D eigenvalue weighted by Gasteiger charge is 2.10. The predicted octanol–water partition coefficient (Wildman–Crippen LogP) is 4.78. The number of hydrogen-bond acceptors (Lipinski definition) is 2. The number of para-hydroxylation sites is 1. The molecular weight excluding hydrogens is 234 g/mol. The lowest BCUT2D eigenvalue weighted by Gasteiger charge is -2.11. The van der Waals surface area contributed by atoms with Crippen LogP contribution in [0.1, 0.15) is 37.8 Å². The largest absolute Gasteiger partial charge is 0.456 e. The van der Waals surface area contributed by atoms with Crippen LogP contribution in [-0.4, -0.2) is 0 Å². The molecule has 98 valence electrons. The van der Waals surface area contributed by atoms with Crippen molar-refractivity contribution in [3.8, 4) is 0 Å². The van der Waals surface area contributed by atoms with Gasteiger partial charge in [0.05, 0.1) is 0 Å². The molecule has 0 radical (unpaired) electrons. The summed E-state index contributed by atoms with van der Waals surface area (Å²) < 4.78 is 5.83. The number of benzene rings is 2. The molecule has 2 heteroatoms. The monoisotopic (exact) mass is 253 g/mol. The lowest BCUT2D eigenvalue weighted by atomic mass is 10.00. The molecule has 1 atom stereocenters. The number of furan rings is 1. The third-order valence-electron chi connectivity index (χ3n) is 3.70. The summed E-state index contributed by atoms with van der Waals surface area (Å²) in [6.07, 6.45) is 3.40. The van der Waals surface area contributed by atoms with Gasteiger partial charge in [-0.25, -0.2) is 0 Å². The Morgan fingerprint density at radius 2 is 1.84 bits per heavy atom. The van der Waals surface area contributed by atoms with Gasteiger partial charge in [-0.3, -0.25) is 0 Å². The molecule has 0 aliphatic rings. The molecule has 0 aliphatic heterocycles. The van der Waals surface area contributed by atoms with E-state index in [1.807, 2.05) is 24.3 Å². The minimum absolute atomic E-state index is 0.123. The first-order valence-corrected chi connectivity index (χ1v) is 6.96. The highest BCUT2D eigenvalue weighted by molar-refractivity contribution is 6.04. The van der Waals surface area contributed by atoms with Crippen molar-refractivity contribution in [1.29, 1.82) is 0 Å². The first-order valence-electron chi connectivity index (χ1n) is 6.96. The summed E-state index contributed by atoms with van der Waals surface area (Å²) in [5.41, 5.74) is 9.33. The van der Waals surface area contributed by atoms with E-state index in [4.69, 9.17) is 10.2 Å². The van der Waals surface area contributed by atoms with E-state index in [-0.39, 0.29) is 6.04 Å². The van der Waals surface area contributed by atoms with E-state index >= 15 is 0 Å². The van der Waals surface area contributed by atoms with E-state index in [1.165, 1.54) is 29.2 Å². The molecule has 0 aliphatic carbocycles. The minimum Gasteiger partial charge on any atom is -0.456 e. The minimum atomic E-state index is 0.123. The maximum atomic E-state index is 6.25. The summed E-state index contributed by atoms with van der Waals surface area (Å²) in [5.74, 6) is 0. The number of rotatable bonds is 4. The van der Waals surface area contributed by atoms with Crippen molar-refractivity contribution in [2.24, 2.45) is 5.73 Å². The third-order valence-corrected chi connectivity index (χ3v) is 3.70. The molecule has 1 aromatic heterocycles. The highest BCUT2D eigenvalue weighted by atomic mass is 16.3. The Morgan fingerprint density at radius 3 is 2.68 bits per heavy atom. The standard InChI is InChI=1S/C17H19NO/c1-2-3-7-15(18)12-9-10-17-14(11-12)13-6-4-5-8-16(13)19-17/h4-6,8-11,15H,2-3,7,18H2,1H3. The number of hydrogen-bond donors (Lipinski definition) is 1. The quantitative estimate of drug-likeness (QED) is 0.727. The Balaban J connectivity index is 2.06. The second kappa shape index (κ2) is 5.06. The second-order valence-electron chi connectivity index (χ2n) is 5.10. The van der Waals surface area contributed by atoms with E-state index in [1.54, 1.807) is 0 Å². The van der Waals surface area contributed by atoms with Crippen molar-refractivity contribution >= 4 is 21.9 Å². The average molecular weight is 253 g/mol. The van der Waals surface area contributed by atoms with Gasteiger partial charge in [0.15, 0.2) is 0 Å². The molecule has 19 heavy (non-hydrogen) atoms. The van der Waals surface area contributed by atoms with Gasteiger partial charge in [-0.05, 0) is 30.2 Å². The van der Waals surface area contributed by atoms with Gasteiger partial charge >= 0.3 is 0 Å². The first-order chi connectivity index (χ1) is 9.29. The van der Waals surface area contributed by atoms with Crippen LogP contribution < -0.4 is 5.73 Å². The molecule has 1 heterocycles. The molecule has 0 spiro atoms. The van der Waals surface area contributed by atoms with Gasteiger partial charge in [-0.15, -0.1) is 0 Å². The summed E-state index contributed by atoms with van der Waals surface area (Å²) >= 11 is 0. The molecule has 0 saturated carbocycles. The van der Waals surface area contributed by atoms with Crippen LogP contribution in [0.4, 0.5) is 0 Å². The van der Waals surface area contributed by atoms with Crippen LogP contribution in [0, 0.1) is 0 Å². The maximum Gasteiger partial charge on any atom is 0.135 e. The summed E-state index contributed by atoms with van der Waals surface area (Å²) in [4.78, 5) is 0. The van der Waals surface area contributed by atoms with E-state index < -0.39 is 0 Å². The zero-order chi connectivity index (χ0) is 13.2. The van der Waals surface area contributed by atoms with Crippen molar-refractivity contribution in [2.45, 2.75) is 32.2 Å². The molecule has 2 nitrogen and oxygen atoms in total. The average Bonchev–Trinajstić information content (AvgIpc) is 2.82. The molecule has 0 fully saturated rings. The number of unbranched alkanes of at least 4 members (excludes halogenated alkanes) is 1. The maximum absolute atomic E-state index is 6.25. The lowest BCUT2D eigenvalue weighted by molar-refractivity contribution is 0.603. The van der Waals surface area contributed by atoms with Crippen LogP contribution in [0.2, 0.25) is 0 Å². The van der Waals surface area contributed by atoms with E-state index in [2.05, 4.69) is 25.1 Å². The highest BCUT2D eigenvalue weighted by Crippen LogP contribution is 2.30. The fourth-order valence-corrected chi connectivity index (χ4v) is 2.57. The van der Waals surface area contributed by atoms with Gasteiger partial charge in [-0.1, -0.05) is 44.0 Å². The van der Waals surface area contributed by atoms with Gasteiger partial charge in [0.25, 0.3) is 0 Å². The van der Waals surface area contributed by atoms with Crippen LogP contribution in [0.15, 0.2) is 46.9 Å². The van der Waals surface area contributed by atoms with Crippen molar-refractivity contribution in [3.05, 3.63) is 48.0 Å². The van der Waals surface area contributed by atoms with Crippen LogP contribution in [0.5, 0.6) is 0 Å². The molecule has 0 bridgehead atoms. The molecule has 3 aromatic rings. The topological polar surface area (TPSA) is 39.2 Å². The predicted molar refractivity (Wildman–Crippen MR) is 80.2 cm³/mol. The van der Waals surface area contributed by atoms with Gasteiger partial charge < -0.3 is 10.2 Å². The molecule has 1 unspecified atom stereocenters. The Labute approximate surface area is 113 Å². The smallest absolute Gasteiger partial charge is 0.135 e. The number of fused-ring (bicyclic) bond motifs is 3. The Kier molecular flexibility index (Phi) is 3.26. The molecule has 0 saturated heterocycles. The summed E-state index contributed by atoms with van der Waals surface area (Å²) in [6, 6.07) is 14.6. The molecular formula is C17H19NO. The fourth-order valence-electron chi connectivity index (χ4n) is 2.57. The van der Waals surface area contributed by atoms with Crippen molar-refractivity contribution in [1.82, 2.24) is 0 Å². The molecule has 2 aromatic carbocycles. The van der Waals surface area contributed by atoms with Crippen molar-refractivity contribution in [3.63, 3.8) is 0 Å². The van der Waals surface area contributed by atoms with Gasteiger partial charge in [-0.2, -0.15) is 0 Å². The zero-order valence-electron chi connectivity index (χ0n) is 11.2.